The fourth-order valence-corrected chi connectivity index (χ4v) is 3.34. The van der Waals surface area contributed by atoms with Crippen molar-refractivity contribution in [3.05, 3.63) is 28.6 Å². The first-order chi connectivity index (χ1) is 10.3. The molecule has 1 aromatic heterocycles. The van der Waals surface area contributed by atoms with Gasteiger partial charge in [-0.1, -0.05) is 19.6 Å². The van der Waals surface area contributed by atoms with E-state index in [2.05, 4.69) is 36.0 Å². The minimum Gasteiger partial charge on any atom is -0.450 e. The number of aryl methyl sites for hydroxylation is 1. The molecule has 1 atom stereocenters. The van der Waals surface area contributed by atoms with Gasteiger partial charge in [-0.2, -0.15) is 5.26 Å². The molecule has 0 bridgehead atoms. The number of alkyl carbamates (subject to hydrolysis) is 1. The van der Waals surface area contributed by atoms with E-state index in [1.54, 1.807) is 6.20 Å². The van der Waals surface area contributed by atoms with Gasteiger partial charge in [0.05, 0.1) is 12.2 Å². The van der Waals surface area contributed by atoms with Crippen LogP contribution in [0, 0.1) is 18.3 Å². The van der Waals surface area contributed by atoms with Crippen LogP contribution < -0.4 is 5.32 Å². The summed E-state index contributed by atoms with van der Waals surface area (Å²) in [5.41, 5.74) is 3.65. The van der Waals surface area contributed by atoms with Crippen LogP contribution >= 0.6 is 0 Å². The van der Waals surface area contributed by atoms with Gasteiger partial charge in [0, 0.05) is 26.0 Å². The number of carbonyl (C=O) groups excluding carboxylic acids is 1. The molecule has 0 aromatic carbocycles. The molecule has 6 heteroatoms. The van der Waals surface area contributed by atoms with Crippen LogP contribution in [-0.4, -0.2) is 31.8 Å². The molecule has 0 radical (unpaired) electrons. The summed E-state index contributed by atoms with van der Waals surface area (Å²) in [4.78, 5) is 16.1. The van der Waals surface area contributed by atoms with Crippen molar-refractivity contribution >= 4 is 14.2 Å². The van der Waals surface area contributed by atoms with Crippen molar-refractivity contribution in [2.45, 2.75) is 51.5 Å². The van der Waals surface area contributed by atoms with Crippen LogP contribution in [0.25, 0.3) is 0 Å². The fraction of sp³-hybridized carbons (Fsp3) is 0.562. The number of nitrogens with one attached hydrogen (secondary N) is 1. The lowest BCUT2D eigenvalue weighted by Crippen LogP contribution is -2.36. The summed E-state index contributed by atoms with van der Waals surface area (Å²) in [5.74, 6) is 0. The van der Waals surface area contributed by atoms with Gasteiger partial charge in [0.1, 0.15) is 6.07 Å². The summed E-state index contributed by atoms with van der Waals surface area (Å²) in [6.07, 6.45) is 2.64. The van der Waals surface area contributed by atoms with Crippen LogP contribution in [0.2, 0.25) is 25.7 Å². The fourth-order valence-electron chi connectivity index (χ4n) is 2.62. The van der Waals surface area contributed by atoms with Gasteiger partial charge in [-0.3, -0.25) is 4.98 Å². The van der Waals surface area contributed by atoms with E-state index >= 15 is 0 Å². The highest BCUT2D eigenvalue weighted by atomic mass is 28.3. The molecule has 0 saturated carbocycles. The van der Waals surface area contributed by atoms with Crippen LogP contribution in [-0.2, 0) is 17.6 Å². The van der Waals surface area contributed by atoms with Gasteiger partial charge in [-0.05, 0) is 36.9 Å². The molecular formula is C16H23N3O2Si. The van der Waals surface area contributed by atoms with E-state index in [4.69, 9.17) is 10.00 Å². The molecule has 5 nitrogen and oxygen atoms in total. The van der Waals surface area contributed by atoms with Crippen LogP contribution in [0.5, 0.6) is 0 Å². The molecule has 1 heterocycles. The lowest BCUT2D eigenvalue weighted by Gasteiger charge is -2.17. The molecule has 22 heavy (non-hydrogen) atoms. The summed E-state index contributed by atoms with van der Waals surface area (Å²) in [6.45, 7) is 9.17. The highest BCUT2D eigenvalue weighted by molar-refractivity contribution is 6.76. The number of nitriles is 1. The summed E-state index contributed by atoms with van der Waals surface area (Å²) < 4.78 is 5.27. The molecule has 0 fully saturated rings. The zero-order valence-electron chi connectivity index (χ0n) is 13.7. The topological polar surface area (TPSA) is 75.0 Å². The first kappa shape index (κ1) is 16.5. The molecule has 1 unspecified atom stereocenters. The monoisotopic (exact) mass is 317 g/mol. The van der Waals surface area contributed by atoms with Gasteiger partial charge in [0.2, 0.25) is 0 Å². The summed E-state index contributed by atoms with van der Waals surface area (Å²) in [6, 6.07) is 3.13. The van der Waals surface area contributed by atoms with E-state index in [-0.39, 0.29) is 12.1 Å². The Morgan fingerprint density at radius 2 is 2.14 bits per heavy atom. The average molecular weight is 317 g/mol. The zero-order chi connectivity index (χ0) is 16.3. The third-order valence-electron chi connectivity index (χ3n) is 3.94. The van der Waals surface area contributed by atoms with Crippen molar-refractivity contribution in [3.8, 4) is 6.07 Å². The lowest BCUT2D eigenvalue weighted by atomic mass is 10.1. The van der Waals surface area contributed by atoms with E-state index < -0.39 is 8.07 Å². The molecule has 1 aliphatic carbocycles. The number of fused-ring (bicyclic) bond motifs is 1. The largest absolute Gasteiger partial charge is 0.450 e. The van der Waals surface area contributed by atoms with Gasteiger partial charge >= 0.3 is 6.09 Å². The number of rotatable bonds is 4. The summed E-state index contributed by atoms with van der Waals surface area (Å²) >= 11 is 0. The van der Waals surface area contributed by atoms with Crippen molar-refractivity contribution in [3.63, 3.8) is 0 Å². The van der Waals surface area contributed by atoms with Gasteiger partial charge in [0.15, 0.2) is 0 Å². The highest BCUT2D eigenvalue weighted by Gasteiger charge is 2.27. The summed E-state index contributed by atoms with van der Waals surface area (Å²) in [5, 5.41) is 12.1. The molecule has 1 aromatic rings. The maximum atomic E-state index is 11.9. The Bertz CT molecular complexity index is 617. The van der Waals surface area contributed by atoms with Crippen molar-refractivity contribution < 1.29 is 9.53 Å². The molecule has 0 aliphatic heterocycles. The molecule has 0 spiro atoms. The lowest BCUT2D eigenvalue weighted by molar-refractivity contribution is 0.148. The Labute approximate surface area is 132 Å². The van der Waals surface area contributed by atoms with Gasteiger partial charge < -0.3 is 10.1 Å². The second-order valence-electron chi connectivity index (χ2n) is 7.02. The smallest absolute Gasteiger partial charge is 0.407 e. The number of nitrogens with zero attached hydrogens (tertiary/aromatic N) is 2. The number of amides is 1. The quantitative estimate of drug-likeness (QED) is 0.866. The second-order valence-corrected chi connectivity index (χ2v) is 12.6. The van der Waals surface area contributed by atoms with Crippen LogP contribution in [0.3, 0.4) is 0 Å². The first-order valence-corrected chi connectivity index (χ1v) is 11.3. The number of hydrogen-bond acceptors (Lipinski definition) is 4. The predicted molar refractivity (Wildman–Crippen MR) is 87.5 cm³/mol. The van der Waals surface area contributed by atoms with Crippen molar-refractivity contribution in [1.82, 2.24) is 10.3 Å². The molecule has 0 saturated heterocycles. The number of carbonyl (C=O) groups is 1. The van der Waals surface area contributed by atoms with Crippen molar-refractivity contribution in [2.24, 2.45) is 0 Å². The Kier molecular flexibility index (Phi) is 4.86. The number of aromatic nitrogens is 1. The Hall–Kier alpha value is -1.87. The van der Waals surface area contributed by atoms with Crippen molar-refractivity contribution in [1.29, 1.82) is 5.26 Å². The Balaban J connectivity index is 1.91. The Morgan fingerprint density at radius 3 is 2.77 bits per heavy atom. The number of hydrogen-bond donors (Lipinski definition) is 1. The normalized spacial score (nSPS) is 16.8. The third-order valence-corrected chi connectivity index (χ3v) is 5.65. The van der Waals surface area contributed by atoms with Crippen LogP contribution in [0.1, 0.15) is 22.4 Å². The van der Waals surface area contributed by atoms with E-state index in [0.717, 1.165) is 22.9 Å². The van der Waals surface area contributed by atoms with Gasteiger partial charge in [-0.15, -0.1) is 0 Å². The van der Waals surface area contributed by atoms with Crippen molar-refractivity contribution in [2.75, 3.05) is 6.61 Å². The molecular weight excluding hydrogens is 294 g/mol. The number of ether oxygens (including phenoxy) is 1. The number of pyridine rings is 1. The summed E-state index contributed by atoms with van der Waals surface area (Å²) in [7, 11) is -1.19. The van der Waals surface area contributed by atoms with E-state index in [0.29, 0.717) is 25.0 Å². The maximum absolute atomic E-state index is 11.9. The van der Waals surface area contributed by atoms with E-state index in [1.807, 2.05) is 6.92 Å². The highest BCUT2D eigenvalue weighted by Crippen LogP contribution is 2.27. The minimum atomic E-state index is -1.19. The predicted octanol–water partition coefficient (Wildman–Crippen LogP) is 2.79. The molecule has 1 N–H and O–H groups in total. The average Bonchev–Trinajstić information content (AvgIpc) is 2.82. The molecule has 118 valence electrons. The minimum absolute atomic E-state index is 0.00983. The third kappa shape index (κ3) is 4.07. The standard InChI is InChI=1S/C16H23N3O2Si/c1-11-14-7-13(8-15(14)12(9-17)10-18-11)19-16(20)21-5-6-22(2,3)4/h10,13H,5-8H2,1-4H3,(H,19,20). The Morgan fingerprint density at radius 1 is 1.45 bits per heavy atom. The SMILES string of the molecule is Cc1ncc(C#N)c2c1CC(NC(=O)OCC[Si](C)(C)C)C2. The maximum Gasteiger partial charge on any atom is 0.407 e. The molecule has 1 aliphatic rings. The van der Waals surface area contributed by atoms with Gasteiger partial charge in [0.25, 0.3) is 0 Å². The molecule has 1 amide bonds. The first-order valence-electron chi connectivity index (χ1n) is 7.61. The van der Waals surface area contributed by atoms with Gasteiger partial charge in [-0.25, -0.2) is 4.79 Å². The van der Waals surface area contributed by atoms with E-state index in [1.165, 1.54) is 0 Å². The second kappa shape index (κ2) is 6.49. The van der Waals surface area contributed by atoms with Crippen LogP contribution in [0.4, 0.5) is 4.79 Å². The molecule has 2 rings (SSSR count). The zero-order valence-corrected chi connectivity index (χ0v) is 14.7. The van der Waals surface area contributed by atoms with Crippen LogP contribution in [0.15, 0.2) is 6.20 Å². The van der Waals surface area contributed by atoms with E-state index in [9.17, 15) is 4.79 Å².